The molecule has 0 radical (unpaired) electrons. The Bertz CT molecular complexity index is 1200. The molecule has 2 rings (SSSR count). The lowest BCUT2D eigenvalue weighted by atomic mass is 10.0. The highest BCUT2D eigenvalue weighted by atomic mass is 79.9. The van der Waals surface area contributed by atoms with Crippen LogP contribution < -0.4 is 31.9 Å². The largest absolute Gasteiger partial charge is 0.697 e. The van der Waals surface area contributed by atoms with Crippen LogP contribution in [0.15, 0.2) is 57.5 Å². The molecule has 0 aliphatic heterocycles. The molecule has 6 N–H and O–H groups in total. The van der Waals surface area contributed by atoms with Gasteiger partial charge in [0.15, 0.2) is 0 Å². The zero-order valence-electron chi connectivity index (χ0n) is 26.2. The first kappa shape index (κ1) is 39.1. The van der Waals surface area contributed by atoms with Gasteiger partial charge >= 0.3 is 20.3 Å². The molecule has 0 saturated carbocycles. The number of urea groups is 2. The maximum absolute atomic E-state index is 12.7. The molecular weight excluding hydrogens is 747 g/mol. The van der Waals surface area contributed by atoms with Crippen LogP contribution in [0, 0.1) is 11.8 Å². The number of amides is 6. The molecule has 0 spiro atoms. The molecule has 13 nitrogen and oxygen atoms in total. The number of carbonyl (C=O) groups excluding carboxylic acids is 4. The van der Waals surface area contributed by atoms with Crippen LogP contribution in [0.2, 0.25) is 0 Å². The molecule has 0 aromatic heterocycles. The lowest BCUT2D eigenvalue weighted by molar-refractivity contribution is -0.124. The Labute approximate surface area is 287 Å². The molecule has 0 heterocycles. The van der Waals surface area contributed by atoms with Crippen molar-refractivity contribution in [3.8, 4) is 0 Å². The monoisotopic (exact) mass is 787 g/mol. The smallest absolute Gasteiger partial charge is 0.352 e. The van der Waals surface area contributed by atoms with Crippen LogP contribution >= 0.6 is 40.1 Å². The van der Waals surface area contributed by atoms with Gasteiger partial charge in [-0.2, -0.15) is 0 Å². The second kappa shape index (κ2) is 20.9. The van der Waals surface area contributed by atoms with Crippen LogP contribution in [0.25, 0.3) is 0 Å². The number of halogens is 2. The summed E-state index contributed by atoms with van der Waals surface area (Å²) in [6, 6.07) is 11.4. The quantitative estimate of drug-likeness (QED) is 0.0805. The summed E-state index contributed by atoms with van der Waals surface area (Å²) in [5, 5.41) is 16.1. The van der Waals surface area contributed by atoms with Gasteiger partial charge in [-0.25, -0.2) is 9.59 Å². The molecule has 0 fully saturated rings. The first-order valence-electron chi connectivity index (χ1n) is 14.8. The SMILES string of the molecule is CC(C)C[C@H](NC(=O)Nc1ccc(Br)cc1)C(=O)NCCO[P+](=O)OCCNC(=O)[C@H](CC(C)C)NC(=O)Nc1ccc(Br)cc1. The Morgan fingerprint density at radius 3 is 1.33 bits per heavy atom. The Balaban J connectivity index is 1.69. The summed E-state index contributed by atoms with van der Waals surface area (Å²) in [6.45, 7) is 7.62. The van der Waals surface area contributed by atoms with E-state index in [0.29, 0.717) is 24.2 Å². The minimum absolute atomic E-state index is 0.0372. The van der Waals surface area contributed by atoms with Gasteiger partial charge in [-0.1, -0.05) is 59.6 Å². The van der Waals surface area contributed by atoms with Crippen molar-refractivity contribution in [3.63, 3.8) is 0 Å². The molecule has 2 atom stereocenters. The molecule has 0 saturated heterocycles. The van der Waals surface area contributed by atoms with Crippen molar-refractivity contribution in [1.29, 1.82) is 0 Å². The van der Waals surface area contributed by atoms with Crippen molar-refractivity contribution in [2.45, 2.75) is 52.6 Å². The first-order chi connectivity index (χ1) is 21.8. The molecule has 2 aromatic carbocycles. The maximum atomic E-state index is 12.7. The number of nitrogens with one attached hydrogen (secondary N) is 6. The molecule has 16 heteroatoms. The Hall–Kier alpha value is -3.10. The van der Waals surface area contributed by atoms with E-state index in [4.69, 9.17) is 9.05 Å². The predicted molar refractivity (Wildman–Crippen MR) is 185 cm³/mol. The molecule has 0 aliphatic rings. The second-order valence-electron chi connectivity index (χ2n) is 11.0. The normalized spacial score (nSPS) is 12.2. The number of hydrogen-bond donors (Lipinski definition) is 6. The van der Waals surface area contributed by atoms with E-state index in [2.05, 4.69) is 63.8 Å². The van der Waals surface area contributed by atoms with Crippen molar-refractivity contribution < 1.29 is 32.8 Å². The van der Waals surface area contributed by atoms with Crippen LogP contribution in [0.4, 0.5) is 21.0 Å². The fraction of sp³-hybridized carbons (Fsp3) is 0.467. The third kappa shape index (κ3) is 16.5. The lowest BCUT2D eigenvalue weighted by Crippen LogP contribution is -2.49. The summed E-state index contributed by atoms with van der Waals surface area (Å²) in [5.74, 6) is -0.544. The molecule has 2 aromatic rings. The number of rotatable bonds is 18. The zero-order valence-corrected chi connectivity index (χ0v) is 30.3. The summed E-state index contributed by atoms with van der Waals surface area (Å²) in [6.07, 6.45) is 0.819. The minimum atomic E-state index is -2.51. The molecule has 46 heavy (non-hydrogen) atoms. The fourth-order valence-electron chi connectivity index (χ4n) is 4.00. The van der Waals surface area contributed by atoms with Gasteiger partial charge in [-0.3, -0.25) is 9.59 Å². The van der Waals surface area contributed by atoms with E-state index in [0.717, 1.165) is 8.95 Å². The van der Waals surface area contributed by atoms with Crippen LogP contribution in [0.1, 0.15) is 40.5 Å². The van der Waals surface area contributed by atoms with Crippen LogP contribution in [-0.4, -0.2) is 62.3 Å². The topological polar surface area (TPSA) is 176 Å². The Morgan fingerprint density at radius 2 is 1.00 bits per heavy atom. The average Bonchev–Trinajstić information content (AvgIpc) is 2.98. The fourth-order valence-corrected chi connectivity index (χ4v) is 5.08. The van der Waals surface area contributed by atoms with Crippen molar-refractivity contribution in [2.75, 3.05) is 36.9 Å². The third-order valence-corrected chi connectivity index (χ3v) is 7.90. The number of anilines is 2. The predicted octanol–water partition coefficient (Wildman–Crippen LogP) is 5.91. The van der Waals surface area contributed by atoms with E-state index in [9.17, 15) is 23.7 Å². The standard InChI is InChI=1S/C30H41Br2N6O7P/c1-19(2)17-25(37-29(41)35-23-9-5-21(31)6-10-23)27(39)33-13-15-44-46(43)45-16-14-34-28(40)26(18-20(3)4)38-30(42)36-24-11-7-22(32)8-12-24/h5-12,19-20,25-26H,13-18H2,1-4H3,(H5-,33,34,35,36,37,38,39,40,41,42)/p+1/t25-,26-/m0/s1. The van der Waals surface area contributed by atoms with Crippen LogP contribution in [0.3, 0.4) is 0 Å². The highest BCUT2D eigenvalue weighted by molar-refractivity contribution is 9.10. The van der Waals surface area contributed by atoms with E-state index >= 15 is 0 Å². The summed E-state index contributed by atoms with van der Waals surface area (Å²) in [4.78, 5) is 50.4. The molecule has 0 unspecified atom stereocenters. The van der Waals surface area contributed by atoms with Gasteiger partial charge in [0.2, 0.25) is 11.8 Å². The number of hydrogen-bond acceptors (Lipinski definition) is 7. The van der Waals surface area contributed by atoms with Crippen LogP contribution in [0.5, 0.6) is 0 Å². The molecule has 6 amide bonds. The summed E-state index contributed by atoms with van der Waals surface area (Å²) in [7, 11) is -2.51. The minimum Gasteiger partial charge on any atom is -0.352 e. The van der Waals surface area contributed by atoms with Gasteiger partial charge in [0, 0.05) is 38.0 Å². The average molecular weight is 789 g/mol. The highest BCUT2D eigenvalue weighted by Gasteiger charge is 2.25. The van der Waals surface area contributed by atoms with Gasteiger partial charge in [-0.05, 0) is 73.2 Å². The van der Waals surface area contributed by atoms with Crippen molar-refractivity contribution in [2.24, 2.45) is 11.8 Å². The summed E-state index contributed by atoms with van der Waals surface area (Å²) in [5.41, 5.74) is 1.15. The Morgan fingerprint density at radius 1 is 0.652 bits per heavy atom. The van der Waals surface area contributed by atoms with E-state index in [1.54, 1.807) is 48.5 Å². The van der Waals surface area contributed by atoms with Gasteiger partial charge in [-0.15, -0.1) is 9.05 Å². The van der Waals surface area contributed by atoms with E-state index in [1.165, 1.54) is 0 Å². The lowest BCUT2D eigenvalue weighted by Gasteiger charge is -2.20. The Kier molecular flexibility index (Phi) is 17.8. The first-order valence-corrected chi connectivity index (χ1v) is 17.4. The van der Waals surface area contributed by atoms with E-state index < -0.39 is 44.2 Å². The number of benzene rings is 2. The second-order valence-corrected chi connectivity index (χ2v) is 13.8. The maximum Gasteiger partial charge on any atom is 0.697 e. The molecule has 0 aliphatic carbocycles. The molecule has 252 valence electrons. The summed E-state index contributed by atoms with van der Waals surface area (Å²) >= 11 is 6.67. The van der Waals surface area contributed by atoms with Gasteiger partial charge < -0.3 is 31.9 Å². The molecular formula is C30H42Br2N6O7P+. The summed E-state index contributed by atoms with van der Waals surface area (Å²) < 4.78 is 24.1. The van der Waals surface area contributed by atoms with Crippen molar-refractivity contribution in [3.05, 3.63) is 57.5 Å². The van der Waals surface area contributed by atoms with Gasteiger partial charge in [0.1, 0.15) is 25.3 Å². The van der Waals surface area contributed by atoms with E-state index in [1.807, 2.05) is 27.7 Å². The zero-order chi connectivity index (χ0) is 34.1. The van der Waals surface area contributed by atoms with Crippen molar-refractivity contribution in [1.82, 2.24) is 21.3 Å². The van der Waals surface area contributed by atoms with Crippen molar-refractivity contribution >= 4 is 75.4 Å². The van der Waals surface area contributed by atoms with Gasteiger partial charge in [0.05, 0.1) is 0 Å². The number of carbonyl (C=O) groups is 4. The van der Waals surface area contributed by atoms with E-state index in [-0.39, 0.29) is 38.1 Å². The van der Waals surface area contributed by atoms with Gasteiger partial charge in [0.25, 0.3) is 0 Å². The molecule has 0 bridgehead atoms. The highest BCUT2D eigenvalue weighted by Crippen LogP contribution is 2.22. The van der Waals surface area contributed by atoms with Crippen LogP contribution in [-0.2, 0) is 23.2 Å². The third-order valence-electron chi connectivity index (χ3n) is 6.06.